The Morgan fingerprint density at radius 2 is 2.04 bits per heavy atom. The van der Waals surface area contributed by atoms with Gasteiger partial charge in [-0.05, 0) is 25.5 Å². The molecule has 0 saturated carbocycles. The van der Waals surface area contributed by atoms with E-state index in [1.165, 1.54) is 6.33 Å². The first-order chi connectivity index (χ1) is 12.0. The van der Waals surface area contributed by atoms with Crippen molar-refractivity contribution in [2.24, 2.45) is 4.99 Å². The monoisotopic (exact) mass is 343 g/mol. The number of aliphatic imine (C=N–C) groups is 1. The van der Waals surface area contributed by atoms with Gasteiger partial charge in [-0.3, -0.25) is 25.4 Å². The molecule has 1 atom stereocenters. The van der Waals surface area contributed by atoms with Gasteiger partial charge in [0.2, 0.25) is 0 Å². The number of rotatable bonds is 9. The van der Waals surface area contributed by atoms with E-state index in [9.17, 15) is 9.59 Å². The minimum atomic E-state index is -0.894. The molecule has 0 saturated heterocycles. The van der Waals surface area contributed by atoms with Gasteiger partial charge in [-0.15, -0.1) is 0 Å². The summed E-state index contributed by atoms with van der Waals surface area (Å²) in [6.07, 6.45) is 3.79. The Hall–Kier alpha value is -3.16. The molecular formula is C17H21N5O3. The minimum Gasteiger partial charge on any atom is -0.481 e. The molecule has 8 heteroatoms. The number of aromatic nitrogens is 2. The molecular weight excluding hydrogens is 322 g/mol. The van der Waals surface area contributed by atoms with Gasteiger partial charge in [0.05, 0.1) is 18.4 Å². The van der Waals surface area contributed by atoms with Gasteiger partial charge in [0.15, 0.2) is 0 Å². The number of imidazole rings is 1. The Morgan fingerprint density at radius 3 is 2.68 bits per heavy atom. The molecule has 0 unspecified atom stereocenters. The molecule has 0 aliphatic heterocycles. The van der Waals surface area contributed by atoms with E-state index in [1.54, 1.807) is 13.1 Å². The summed E-state index contributed by atoms with van der Waals surface area (Å²) in [4.78, 5) is 34.4. The number of H-pyrrole nitrogens is 1. The maximum absolute atomic E-state index is 12.5. The van der Waals surface area contributed by atoms with E-state index >= 15 is 0 Å². The van der Waals surface area contributed by atoms with Crippen molar-refractivity contribution in [1.82, 2.24) is 15.4 Å². The van der Waals surface area contributed by atoms with Crippen molar-refractivity contribution in [2.45, 2.75) is 32.2 Å². The summed E-state index contributed by atoms with van der Waals surface area (Å²) < 4.78 is 0. The summed E-state index contributed by atoms with van der Waals surface area (Å²) in [5, 5.41) is 8.77. The number of carboxylic acids is 1. The molecule has 8 nitrogen and oxygen atoms in total. The number of hydrogen-bond acceptors (Lipinski definition) is 5. The lowest BCUT2D eigenvalue weighted by atomic mass is 10.1. The molecule has 1 heterocycles. The lowest BCUT2D eigenvalue weighted by Crippen LogP contribution is -2.39. The number of carbonyl (C=O) groups excluding carboxylic acids is 1. The van der Waals surface area contributed by atoms with Crippen LogP contribution in [0.3, 0.4) is 0 Å². The van der Waals surface area contributed by atoms with Gasteiger partial charge in [-0.1, -0.05) is 18.2 Å². The molecule has 0 aliphatic rings. The Labute approximate surface area is 145 Å². The van der Waals surface area contributed by atoms with Gasteiger partial charge in [-0.2, -0.15) is 0 Å². The largest absolute Gasteiger partial charge is 0.481 e. The fourth-order valence-electron chi connectivity index (χ4n) is 2.16. The molecule has 25 heavy (non-hydrogen) atoms. The van der Waals surface area contributed by atoms with Gasteiger partial charge >= 0.3 is 5.97 Å². The number of amides is 1. The second-order valence-electron chi connectivity index (χ2n) is 5.54. The van der Waals surface area contributed by atoms with Crippen molar-refractivity contribution >= 4 is 23.3 Å². The summed E-state index contributed by atoms with van der Waals surface area (Å²) in [6, 6.07) is 8.54. The number of para-hydroxylation sites is 1. The van der Waals surface area contributed by atoms with Crippen LogP contribution in [0.4, 0.5) is 5.69 Å². The molecule has 0 spiro atoms. The first-order valence-electron chi connectivity index (χ1n) is 7.88. The fourth-order valence-corrected chi connectivity index (χ4v) is 2.16. The first kappa shape index (κ1) is 18.2. The van der Waals surface area contributed by atoms with Crippen molar-refractivity contribution in [3.8, 4) is 0 Å². The van der Waals surface area contributed by atoms with Crippen molar-refractivity contribution in [2.75, 3.05) is 5.43 Å². The van der Waals surface area contributed by atoms with Crippen molar-refractivity contribution in [3.63, 3.8) is 0 Å². The molecule has 1 amide bonds. The summed E-state index contributed by atoms with van der Waals surface area (Å²) in [5.74, 6) is -1.21. The Bertz CT molecular complexity index is 713. The number of nitrogens with one attached hydrogen (secondary N) is 3. The number of anilines is 1. The van der Waals surface area contributed by atoms with Gasteiger partial charge in [-0.25, -0.2) is 4.98 Å². The zero-order valence-corrected chi connectivity index (χ0v) is 13.9. The molecule has 0 fully saturated rings. The third-order valence-electron chi connectivity index (χ3n) is 3.45. The van der Waals surface area contributed by atoms with Gasteiger partial charge in [0.25, 0.3) is 5.91 Å². The molecule has 1 aromatic heterocycles. The third kappa shape index (κ3) is 6.46. The quantitative estimate of drug-likeness (QED) is 0.409. The van der Waals surface area contributed by atoms with E-state index in [0.29, 0.717) is 18.6 Å². The number of hydrogen-bond donors (Lipinski definition) is 4. The molecule has 0 aliphatic carbocycles. The maximum atomic E-state index is 12.5. The van der Waals surface area contributed by atoms with Crippen LogP contribution < -0.4 is 10.9 Å². The van der Waals surface area contributed by atoms with Crippen molar-refractivity contribution < 1.29 is 14.7 Å². The van der Waals surface area contributed by atoms with Crippen LogP contribution in [0.5, 0.6) is 0 Å². The van der Waals surface area contributed by atoms with E-state index in [2.05, 4.69) is 25.8 Å². The standard InChI is InChI=1S/C17H21N5O3/c1-12(7-8-16(23)24)20-15(9-14-10-18-11-19-14)17(25)22-21-13-5-3-2-4-6-13/h2-6,10-11,15,21H,7-9H2,1H3,(H,18,19)(H,22,25)(H,23,24)/t15-/m0/s1. The first-order valence-corrected chi connectivity index (χ1v) is 7.88. The number of hydrazine groups is 1. The Kier molecular flexibility index (Phi) is 6.70. The Morgan fingerprint density at radius 1 is 1.28 bits per heavy atom. The van der Waals surface area contributed by atoms with E-state index in [4.69, 9.17) is 5.11 Å². The van der Waals surface area contributed by atoms with E-state index in [1.807, 2.05) is 30.3 Å². The van der Waals surface area contributed by atoms with Gasteiger partial charge in [0.1, 0.15) is 6.04 Å². The molecule has 4 N–H and O–H groups in total. The second kappa shape index (κ2) is 9.21. The number of aliphatic carboxylic acids is 1. The number of nitrogens with zero attached hydrogens (tertiary/aromatic N) is 2. The average Bonchev–Trinajstić information content (AvgIpc) is 3.11. The smallest absolute Gasteiger partial charge is 0.303 e. The maximum Gasteiger partial charge on any atom is 0.303 e. The van der Waals surface area contributed by atoms with Crippen LogP contribution in [-0.4, -0.2) is 38.7 Å². The van der Waals surface area contributed by atoms with Crippen LogP contribution in [0.15, 0.2) is 47.8 Å². The number of benzene rings is 1. The summed E-state index contributed by atoms with van der Waals surface area (Å²) in [6.45, 7) is 1.72. The lowest BCUT2D eigenvalue weighted by Gasteiger charge is -2.15. The highest BCUT2D eigenvalue weighted by Crippen LogP contribution is 2.07. The zero-order chi connectivity index (χ0) is 18.1. The van der Waals surface area contributed by atoms with E-state index in [-0.39, 0.29) is 12.3 Å². The zero-order valence-electron chi connectivity index (χ0n) is 13.9. The lowest BCUT2D eigenvalue weighted by molar-refractivity contribution is -0.136. The van der Waals surface area contributed by atoms with Crippen LogP contribution in [-0.2, 0) is 16.0 Å². The summed E-state index contributed by atoms with van der Waals surface area (Å²) in [5.41, 5.74) is 7.61. The molecule has 2 aromatic rings. The van der Waals surface area contributed by atoms with Crippen molar-refractivity contribution in [3.05, 3.63) is 48.5 Å². The average molecular weight is 343 g/mol. The van der Waals surface area contributed by atoms with Crippen molar-refractivity contribution in [1.29, 1.82) is 0 Å². The number of aromatic amines is 1. The Balaban J connectivity index is 2.03. The highest BCUT2D eigenvalue weighted by atomic mass is 16.4. The molecule has 0 bridgehead atoms. The second-order valence-corrected chi connectivity index (χ2v) is 5.54. The van der Waals surface area contributed by atoms with Gasteiger partial charge < -0.3 is 10.1 Å². The summed E-state index contributed by atoms with van der Waals surface area (Å²) >= 11 is 0. The fraction of sp³-hybridized carbons (Fsp3) is 0.294. The van der Waals surface area contributed by atoms with E-state index in [0.717, 1.165) is 11.4 Å². The minimum absolute atomic E-state index is 0.0179. The van der Waals surface area contributed by atoms with Crippen LogP contribution in [0, 0.1) is 0 Å². The molecule has 132 valence electrons. The predicted octanol–water partition coefficient (Wildman–Crippen LogP) is 1.79. The number of carbonyl (C=O) groups is 2. The van der Waals surface area contributed by atoms with Crippen LogP contribution >= 0.6 is 0 Å². The molecule has 2 rings (SSSR count). The highest BCUT2D eigenvalue weighted by Gasteiger charge is 2.19. The molecule has 0 radical (unpaired) electrons. The number of carboxylic acid groups (broad SMARTS) is 1. The van der Waals surface area contributed by atoms with E-state index < -0.39 is 12.0 Å². The SMILES string of the molecule is CC(CCC(=O)O)=N[C@@H](Cc1cnc[nH]1)C(=O)NNc1ccccc1. The van der Waals surface area contributed by atoms with Gasteiger partial charge in [0, 0.05) is 24.0 Å². The normalized spacial score (nSPS) is 12.4. The predicted molar refractivity (Wildman–Crippen MR) is 94.3 cm³/mol. The summed E-state index contributed by atoms with van der Waals surface area (Å²) in [7, 11) is 0. The van der Waals surface area contributed by atoms with Crippen LogP contribution in [0.25, 0.3) is 0 Å². The highest BCUT2D eigenvalue weighted by molar-refractivity contribution is 5.90. The van der Waals surface area contributed by atoms with Crippen LogP contribution in [0.2, 0.25) is 0 Å². The molecule has 1 aromatic carbocycles. The topological polar surface area (TPSA) is 119 Å². The van der Waals surface area contributed by atoms with Crippen LogP contribution in [0.1, 0.15) is 25.5 Å². The third-order valence-corrected chi connectivity index (χ3v) is 3.45.